The molecule has 0 aliphatic carbocycles. The highest BCUT2D eigenvalue weighted by Gasteiger charge is 2.02. The summed E-state index contributed by atoms with van der Waals surface area (Å²) in [5, 5.41) is 27.6. The number of aromatic amines is 1. The summed E-state index contributed by atoms with van der Waals surface area (Å²) in [5.41, 5.74) is 0.787. The lowest BCUT2D eigenvalue weighted by Gasteiger charge is -1.91. The first-order valence-corrected chi connectivity index (χ1v) is 5.21. The molecule has 98 valence electrons. The highest BCUT2D eigenvalue weighted by atomic mass is 16.4. The van der Waals surface area contributed by atoms with E-state index in [1.807, 2.05) is 24.3 Å². The van der Waals surface area contributed by atoms with Crippen LogP contribution in [0.5, 0.6) is 5.75 Å². The molecule has 2 aromatic rings. The predicted molar refractivity (Wildman–Crippen MR) is 64.0 cm³/mol. The van der Waals surface area contributed by atoms with E-state index in [1.54, 1.807) is 12.3 Å². The number of rotatable bonds is 2. The smallest absolute Gasteiger partial charge is 0.328 e. The highest BCUT2D eigenvalue weighted by molar-refractivity contribution is 5.88. The first-order valence-electron chi connectivity index (χ1n) is 5.21. The lowest BCUT2D eigenvalue weighted by atomic mass is 10.2. The van der Waals surface area contributed by atoms with Crippen molar-refractivity contribution >= 4 is 22.8 Å². The van der Waals surface area contributed by atoms with Gasteiger partial charge in [0.2, 0.25) is 0 Å². The fourth-order valence-electron chi connectivity index (χ4n) is 1.28. The molecule has 1 aromatic heterocycles. The Balaban J connectivity index is 0.000000203. The van der Waals surface area contributed by atoms with E-state index in [4.69, 9.17) is 5.11 Å². The Morgan fingerprint density at radius 3 is 2.37 bits per heavy atom. The molecule has 6 nitrogen and oxygen atoms in total. The number of carbonyl (C=O) groups excluding carboxylic acids is 1. The zero-order chi connectivity index (χ0) is 14.3. The molecular formula is C13H11NO5. The summed E-state index contributed by atoms with van der Waals surface area (Å²) in [7, 11) is 0. The zero-order valence-electron chi connectivity index (χ0n) is 9.74. The van der Waals surface area contributed by atoms with Gasteiger partial charge in [-0.2, -0.15) is 0 Å². The van der Waals surface area contributed by atoms with Crippen LogP contribution in [0, 0.1) is 0 Å². The normalized spacial score (nSPS) is 9.89. The first-order chi connectivity index (χ1) is 9.00. The number of carboxylic acid groups (broad SMARTS) is 2. The SMILES string of the molecule is O=C([O-])/C=C/C(=O)O.Oc1cccc2ccc[nH+]c12. The van der Waals surface area contributed by atoms with Gasteiger partial charge in [-0.05, 0) is 24.3 Å². The lowest BCUT2D eigenvalue weighted by Crippen LogP contribution is -2.19. The van der Waals surface area contributed by atoms with Crippen LogP contribution < -0.4 is 10.1 Å². The standard InChI is InChI=1S/C9H7NO.C4H4O4/c11-8-5-1-3-7-4-2-6-10-9(7)8;5-3(6)1-2-4(7)8/h1-6,11H;1-2H,(H,5,6)(H,7,8)/b;2-1+. The zero-order valence-corrected chi connectivity index (χ0v) is 9.74. The molecule has 0 amide bonds. The van der Waals surface area contributed by atoms with E-state index >= 15 is 0 Å². The number of aromatic hydroxyl groups is 1. The van der Waals surface area contributed by atoms with Gasteiger partial charge in [-0.25, -0.2) is 9.78 Å². The molecule has 6 heteroatoms. The maximum atomic E-state index is 9.53. The Morgan fingerprint density at radius 2 is 1.84 bits per heavy atom. The van der Waals surface area contributed by atoms with E-state index in [0.717, 1.165) is 10.9 Å². The van der Waals surface area contributed by atoms with Crippen molar-refractivity contribution in [2.24, 2.45) is 0 Å². The molecule has 0 bridgehead atoms. The Labute approximate surface area is 108 Å². The fourth-order valence-corrected chi connectivity index (χ4v) is 1.28. The molecule has 0 saturated carbocycles. The summed E-state index contributed by atoms with van der Waals surface area (Å²) in [4.78, 5) is 21.9. The average Bonchev–Trinajstić information content (AvgIpc) is 2.38. The highest BCUT2D eigenvalue weighted by Crippen LogP contribution is 2.18. The van der Waals surface area contributed by atoms with Gasteiger partial charge < -0.3 is 20.1 Å². The van der Waals surface area contributed by atoms with E-state index in [0.29, 0.717) is 17.9 Å². The van der Waals surface area contributed by atoms with Gasteiger partial charge in [-0.1, -0.05) is 6.07 Å². The molecule has 19 heavy (non-hydrogen) atoms. The molecule has 1 aromatic carbocycles. The van der Waals surface area contributed by atoms with Gasteiger partial charge in [-0.15, -0.1) is 0 Å². The third kappa shape index (κ3) is 4.86. The van der Waals surface area contributed by atoms with Crippen molar-refractivity contribution in [3.05, 3.63) is 48.7 Å². The monoisotopic (exact) mass is 261 g/mol. The maximum absolute atomic E-state index is 9.53. The van der Waals surface area contributed by atoms with Crippen LogP contribution in [0.1, 0.15) is 0 Å². The summed E-state index contributed by atoms with van der Waals surface area (Å²) in [5.74, 6) is -2.51. The van der Waals surface area contributed by atoms with Crippen LogP contribution in [0.4, 0.5) is 0 Å². The number of pyridine rings is 1. The van der Waals surface area contributed by atoms with Gasteiger partial charge >= 0.3 is 5.97 Å². The summed E-state index contributed by atoms with van der Waals surface area (Å²) in [6.45, 7) is 0. The van der Waals surface area contributed by atoms with E-state index < -0.39 is 11.9 Å². The van der Waals surface area contributed by atoms with Crippen LogP contribution in [0.3, 0.4) is 0 Å². The third-order valence-electron chi connectivity index (χ3n) is 2.04. The van der Waals surface area contributed by atoms with Crippen molar-refractivity contribution < 1.29 is 29.9 Å². The first kappa shape index (κ1) is 14.2. The van der Waals surface area contributed by atoms with Gasteiger partial charge in [0.25, 0.3) is 5.52 Å². The fraction of sp³-hybridized carbons (Fsp3) is 0. The van der Waals surface area contributed by atoms with Crippen molar-refractivity contribution in [3.63, 3.8) is 0 Å². The number of H-pyrrole nitrogens is 1. The van der Waals surface area contributed by atoms with Crippen LogP contribution in [-0.2, 0) is 9.59 Å². The van der Waals surface area contributed by atoms with Gasteiger partial charge in [0.05, 0.1) is 11.4 Å². The number of hydrogen-bond acceptors (Lipinski definition) is 4. The van der Waals surface area contributed by atoms with Crippen LogP contribution in [0.15, 0.2) is 48.7 Å². The molecule has 0 atom stereocenters. The van der Waals surface area contributed by atoms with Crippen molar-refractivity contribution in [1.82, 2.24) is 0 Å². The second-order valence-electron chi connectivity index (χ2n) is 3.40. The maximum Gasteiger partial charge on any atom is 0.328 e. The van der Waals surface area contributed by atoms with Crippen molar-refractivity contribution in [2.45, 2.75) is 0 Å². The number of carbonyl (C=O) groups is 2. The van der Waals surface area contributed by atoms with Crippen LogP contribution in [-0.4, -0.2) is 22.2 Å². The van der Waals surface area contributed by atoms with Crippen molar-refractivity contribution in [1.29, 1.82) is 0 Å². The van der Waals surface area contributed by atoms with E-state index in [2.05, 4.69) is 4.98 Å². The molecule has 0 spiro atoms. The molecule has 0 saturated heterocycles. The second-order valence-corrected chi connectivity index (χ2v) is 3.40. The van der Waals surface area contributed by atoms with Crippen molar-refractivity contribution in [2.75, 3.05) is 0 Å². The molecule has 1 heterocycles. The van der Waals surface area contributed by atoms with Crippen molar-refractivity contribution in [3.8, 4) is 5.75 Å². The average molecular weight is 261 g/mol. The number of phenols is 1. The number of carboxylic acids is 2. The molecule has 0 aliphatic rings. The minimum atomic E-state index is -1.51. The minimum absolute atomic E-state index is 0.295. The van der Waals surface area contributed by atoms with E-state index in [-0.39, 0.29) is 0 Å². The molecule has 2 rings (SSSR count). The number of hydrogen-bond donors (Lipinski definition) is 2. The molecule has 0 aliphatic heterocycles. The Morgan fingerprint density at radius 1 is 1.16 bits per heavy atom. The summed E-state index contributed by atoms with van der Waals surface area (Å²) in [6.07, 6.45) is 2.74. The largest absolute Gasteiger partial charge is 0.545 e. The number of benzene rings is 1. The van der Waals surface area contributed by atoms with Gasteiger partial charge in [0, 0.05) is 12.1 Å². The van der Waals surface area contributed by atoms with E-state index in [9.17, 15) is 19.8 Å². The predicted octanol–water partition coefficient (Wildman–Crippen LogP) is -0.263. The second kappa shape index (κ2) is 6.75. The summed E-state index contributed by atoms with van der Waals surface area (Å²) >= 11 is 0. The molecule has 3 N–H and O–H groups in total. The minimum Gasteiger partial charge on any atom is -0.545 e. The number of aliphatic carboxylic acids is 2. The number of nitrogens with one attached hydrogen (secondary N) is 1. The van der Waals surface area contributed by atoms with Gasteiger partial charge in [0.1, 0.15) is 0 Å². The van der Waals surface area contributed by atoms with Crippen LogP contribution in [0.25, 0.3) is 10.9 Å². The number of phenolic OH excluding ortho intramolecular Hbond substituents is 1. The quantitative estimate of drug-likeness (QED) is 0.723. The Hall–Kier alpha value is -2.89. The summed E-state index contributed by atoms with van der Waals surface area (Å²) < 4.78 is 0. The Bertz CT molecular complexity index is 600. The van der Waals surface area contributed by atoms with Gasteiger partial charge in [-0.3, -0.25) is 0 Å². The van der Waals surface area contributed by atoms with E-state index in [1.165, 1.54) is 0 Å². The molecule has 0 fully saturated rings. The van der Waals surface area contributed by atoms with Crippen LogP contribution in [0.2, 0.25) is 0 Å². The molecule has 0 radical (unpaired) electrons. The number of fused-ring (bicyclic) bond motifs is 1. The number of para-hydroxylation sites is 1. The van der Waals surface area contributed by atoms with Gasteiger partial charge in [0.15, 0.2) is 11.9 Å². The van der Waals surface area contributed by atoms with Crippen LogP contribution >= 0.6 is 0 Å². The molecular weight excluding hydrogens is 250 g/mol. The lowest BCUT2D eigenvalue weighted by molar-refractivity contribution is -0.345. The Kier molecular flexibility index (Phi) is 5.04. The number of aromatic nitrogens is 1. The topological polar surface area (TPSA) is 112 Å². The third-order valence-corrected chi connectivity index (χ3v) is 2.04. The summed E-state index contributed by atoms with van der Waals surface area (Å²) in [6, 6.07) is 9.29. The molecule has 0 unspecified atom stereocenters.